The molecule has 0 aliphatic rings. The molecule has 1 atom stereocenters. The average molecular weight is 262 g/mol. The van der Waals surface area contributed by atoms with Gasteiger partial charge in [0.1, 0.15) is 0 Å². The van der Waals surface area contributed by atoms with Crippen molar-refractivity contribution in [2.75, 3.05) is 0 Å². The van der Waals surface area contributed by atoms with E-state index in [0.29, 0.717) is 0 Å². The summed E-state index contributed by atoms with van der Waals surface area (Å²) in [4.78, 5) is 23.2. The molecule has 1 aromatic heterocycles. The van der Waals surface area contributed by atoms with Gasteiger partial charge in [-0.05, 0) is 23.6 Å². The van der Waals surface area contributed by atoms with Gasteiger partial charge in [-0.3, -0.25) is 13.9 Å². The van der Waals surface area contributed by atoms with Gasteiger partial charge in [-0.2, -0.15) is 0 Å². The van der Waals surface area contributed by atoms with Gasteiger partial charge in [0.25, 0.3) is 0 Å². The Morgan fingerprint density at radius 1 is 1.16 bits per heavy atom. The first-order chi connectivity index (χ1) is 8.84. The molecule has 0 fully saturated rings. The van der Waals surface area contributed by atoms with Crippen molar-refractivity contribution in [1.82, 2.24) is 9.13 Å². The summed E-state index contributed by atoms with van der Waals surface area (Å²) in [7, 11) is 3.40. The number of rotatable bonds is 3. The molecular formula is C14H18N2O3. The highest BCUT2D eigenvalue weighted by Gasteiger charge is 2.24. The van der Waals surface area contributed by atoms with E-state index in [4.69, 9.17) is 0 Å². The van der Waals surface area contributed by atoms with Crippen molar-refractivity contribution in [2.45, 2.75) is 19.8 Å². The van der Waals surface area contributed by atoms with Crippen molar-refractivity contribution in [2.24, 2.45) is 20.0 Å². The zero-order valence-electron chi connectivity index (χ0n) is 11.5. The van der Waals surface area contributed by atoms with Crippen LogP contribution in [0.4, 0.5) is 0 Å². The fraction of sp³-hybridized carbons (Fsp3) is 0.429. The van der Waals surface area contributed by atoms with E-state index >= 15 is 0 Å². The van der Waals surface area contributed by atoms with E-state index in [0.717, 1.165) is 16.6 Å². The zero-order valence-corrected chi connectivity index (χ0v) is 11.5. The van der Waals surface area contributed by atoms with Crippen LogP contribution in [0.2, 0.25) is 0 Å². The summed E-state index contributed by atoms with van der Waals surface area (Å²) in [6.07, 6.45) is 0. The molecule has 0 spiro atoms. The lowest BCUT2D eigenvalue weighted by atomic mass is 9.88. The van der Waals surface area contributed by atoms with E-state index in [9.17, 15) is 14.7 Å². The third kappa shape index (κ3) is 2.05. The van der Waals surface area contributed by atoms with E-state index < -0.39 is 11.9 Å². The molecule has 0 aliphatic carbocycles. The molecule has 0 aliphatic heterocycles. The average Bonchev–Trinajstić information content (AvgIpc) is 2.54. The molecule has 1 aromatic carbocycles. The molecule has 0 bridgehead atoms. The lowest BCUT2D eigenvalue weighted by Crippen LogP contribution is -2.19. The molecule has 0 saturated carbocycles. The molecule has 1 heterocycles. The van der Waals surface area contributed by atoms with E-state index in [-0.39, 0.29) is 11.6 Å². The van der Waals surface area contributed by atoms with Crippen molar-refractivity contribution in [3.63, 3.8) is 0 Å². The fourth-order valence-electron chi connectivity index (χ4n) is 2.53. The van der Waals surface area contributed by atoms with Gasteiger partial charge >= 0.3 is 11.7 Å². The van der Waals surface area contributed by atoms with Crippen LogP contribution in [0.1, 0.15) is 25.3 Å². The number of carbonyl (C=O) groups is 1. The second-order valence-corrected chi connectivity index (χ2v) is 5.21. The quantitative estimate of drug-likeness (QED) is 0.915. The summed E-state index contributed by atoms with van der Waals surface area (Å²) in [5, 5.41) is 9.32. The number of hydrogen-bond donors (Lipinski definition) is 1. The highest BCUT2D eigenvalue weighted by molar-refractivity contribution is 5.81. The third-order valence-electron chi connectivity index (χ3n) is 3.59. The van der Waals surface area contributed by atoms with Gasteiger partial charge in [-0.15, -0.1) is 0 Å². The first-order valence-corrected chi connectivity index (χ1v) is 6.22. The molecule has 2 rings (SSSR count). The number of aryl methyl sites for hydroxylation is 2. The molecule has 0 saturated heterocycles. The summed E-state index contributed by atoms with van der Waals surface area (Å²) >= 11 is 0. The van der Waals surface area contributed by atoms with E-state index in [1.54, 1.807) is 30.8 Å². The Morgan fingerprint density at radius 3 is 2.26 bits per heavy atom. The molecule has 1 N–H and O–H groups in total. The standard InChI is InChI=1S/C14H18N2O3/c1-8(2)12(13(17)18)9-5-6-10-11(7-9)16(4)14(19)15(10)3/h5-8,12H,1-4H3,(H,17,18). The summed E-state index contributed by atoms with van der Waals surface area (Å²) < 4.78 is 3.10. The van der Waals surface area contributed by atoms with Crippen molar-refractivity contribution in [3.8, 4) is 0 Å². The maximum absolute atomic E-state index is 11.8. The lowest BCUT2D eigenvalue weighted by molar-refractivity contribution is -0.139. The third-order valence-corrected chi connectivity index (χ3v) is 3.59. The summed E-state index contributed by atoms with van der Waals surface area (Å²) in [5.41, 5.74) is 2.20. The number of fused-ring (bicyclic) bond motifs is 1. The van der Waals surface area contributed by atoms with Crippen LogP contribution in [0.5, 0.6) is 0 Å². The Morgan fingerprint density at radius 2 is 1.74 bits per heavy atom. The topological polar surface area (TPSA) is 64.2 Å². The van der Waals surface area contributed by atoms with Gasteiger partial charge in [0, 0.05) is 14.1 Å². The van der Waals surface area contributed by atoms with Crippen LogP contribution in [0, 0.1) is 5.92 Å². The summed E-state index contributed by atoms with van der Waals surface area (Å²) in [6, 6.07) is 5.40. The molecule has 5 nitrogen and oxygen atoms in total. The van der Waals surface area contributed by atoms with Crippen molar-refractivity contribution >= 4 is 17.0 Å². The molecule has 5 heteroatoms. The second kappa shape index (κ2) is 4.57. The Labute approximate surface area is 111 Å². The number of carboxylic acid groups (broad SMARTS) is 1. The van der Waals surface area contributed by atoms with Crippen LogP contribution < -0.4 is 5.69 Å². The molecule has 102 valence electrons. The van der Waals surface area contributed by atoms with Crippen molar-refractivity contribution in [3.05, 3.63) is 34.2 Å². The number of imidazole rings is 1. The summed E-state index contributed by atoms with van der Waals surface area (Å²) in [5.74, 6) is -1.40. The zero-order chi connectivity index (χ0) is 14.3. The minimum Gasteiger partial charge on any atom is -0.481 e. The molecule has 0 radical (unpaired) electrons. The first kappa shape index (κ1) is 13.4. The monoisotopic (exact) mass is 262 g/mol. The number of aromatic nitrogens is 2. The number of carboxylic acids is 1. The van der Waals surface area contributed by atoms with Crippen LogP contribution in [0.15, 0.2) is 23.0 Å². The first-order valence-electron chi connectivity index (χ1n) is 6.22. The van der Waals surface area contributed by atoms with Gasteiger partial charge in [-0.25, -0.2) is 4.79 Å². The second-order valence-electron chi connectivity index (χ2n) is 5.21. The van der Waals surface area contributed by atoms with Crippen molar-refractivity contribution < 1.29 is 9.90 Å². The van der Waals surface area contributed by atoms with Gasteiger partial charge in [0.15, 0.2) is 0 Å². The van der Waals surface area contributed by atoms with Crippen LogP contribution in [0.25, 0.3) is 11.0 Å². The van der Waals surface area contributed by atoms with E-state index in [1.807, 2.05) is 19.9 Å². The largest absolute Gasteiger partial charge is 0.481 e. The van der Waals surface area contributed by atoms with Crippen LogP contribution in [-0.4, -0.2) is 20.2 Å². The number of aliphatic carboxylic acids is 1. The molecule has 19 heavy (non-hydrogen) atoms. The van der Waals surface area contributed by atoms with Gasteiger partial charge in [0.2, 0.25) is 0 Å². The molecule has 0 amide bonds. The van der Waals surface area contributed by atoms with Crippen LogP contribution in [-0.2, 0) is 18.9 Å². The van der Waals surface area contributed by atoms with E-state index in [2.05, 4.69) is 0 Å². The SMILES string of the molecule is CC(C)C(C(=O)O)c1ccc2c(c1)n(C)c(=O)n2C. The Bertz CT molecular complexity index is 695. The number of nitrogens with zero attached hydrogens (tertiary/aromatic N) is 2. The minimum absolute atomic E-state index is 0.00399. The number of hydrogen-bond acceptors (Lipinski definition) is 2. The Hall–Kier alpha value is -2.04. The predicted molar refractivity (Wildman–Crippen MR) is 73.4 cm³/mol. The van der Waals surface area contributed by atoms with Gasteiger partial charge in [-0.1, -0.05) is 19.9 Å². The Balaban J connectivity index is 2.68. The Kier molecular flexibility index (Phi) is 3.22. The molecular weight excluding hydrogens is 244 g/mol. The smallest absolute Gasteiger partial charge is 0.328 e. The lowest BCUT2D eigenvalue weighted by Gasteiger charge is -2.16. The number of benzene rings is 1. The maximum Gasteiger partial charge on any atom is 0.328 e. The van der Waals surface area contributed by atoms with Crippen LogP contribution in [0.3, 0.4) is 0 Å². The maximum atomic E-state index is 11.8. The summed E-state index contributed by atoms with van der Waals surface area (Å²) in [6.45, 7) is 3.76. The minimum atomic E-state index is -0.838. The molecule has 1 unspecified atom stereocenters. The highest BCUT2D eigenvalue weighted by Crippen LogP contribution is 2.27. The van der Waals surface area contributed by atoms with E-state index in [1.165, 1.54) is 4.57 Å². The molecule has 2 aromatic rings. The van der Waals surface area contributed by atoms with Crippen molar-refractivity contribution in [1.29, 1.82) is 0 Å². The highest BCUT2D eigenvalue weighted by atomic mass is 16.4. The predicted octanol–water partition coefficient (Wildman–Crippen LogP) is 1.70. The van der Waals surface area contributed by atoms with Gasteiger partial charge < -0.3 is 5.11 Å². The van der Waals surface area contributed by atoms with Gasteiger partial charge in [0.05, 0.1) is 17.0 Å². The van der Waals surface area contributed by atoms with Crippen LogP contribution >= 0.6 is 0 Å². The normalized spacial score (nSPS) is 13.1. The fourth-order valence-corrected chi connectivity index (χ4v) is 2.53.